The maximum absolute atomic E-state index is 11.1. The predicted octanol–water partition coefficient (Wildman–Crippen LogP) is 2.20. The van der Waals surface area contributed by atoms with E-state index in [9.17, 15) is 9.59 Å². The Morgan fingerprint density at radius 2 is 2.11 bits per heavy atom. The molecule has 1 aromatic rings. The van der Waals surface area contributed by atoms with Crippen molar-refractivity contribution in [3.05, 3.63) is 41.0 Å². The standard InChI is InChI=1S/C14H16O4/c1-10-4-3-5-11(6-9-14(17)18-2)12(10)7-8-13(15)16/h3-5,7-8H,6,9H2,1-2H3,(H,15,16)/b8-7+. The highest BCUT2D eigenvalue weighted by molar-refractivity contribution is 5.86. The third-order valence-corrected chi connectivity index (χ3v) is 2.63. The van der Waals surface area contributed by atoms with Crippen LogP contribution < -0.4 is 0 Å². The summed E-state index contributed by atoms with van der Waals surface area (Å²) in [6.45, 7) is 1.91. The molecule has 0 atom stereocenters. The largest absolute Gasteiger partial charge is 0.478 e. The van der Waals surface area contributed by atoms with Crippen LogP contribution in [0.3, 0.4) is 0 Å². The van der Waals surface area contributed by atoms with E-state index in [-0.39, 0.29) is 12.4 Å². The summed E-state index contributed by atoms with van der Waals surface area (Å²) in [4.78, 5) is 21.7. The number of methoxy groups -OCH3 is 1. The smallest absolute Gasteiger partial charge is 0.328 e. The molecule has 0 aliphatic carbocycles. The van der Waals surface area contributed by atoms with E-state index in [4.69, 9.17) is 5.11 Å². The highest BCUT2D eigenvalue weighted by Gasteiger charge is 2.06. The zero-order valence-corrected chi connectivity index (χ0v) is 10.5. The summed E-state index contributed by atoms with van der Waals surface area (Å²) in [7, 11) is 1.35. The van der Waals surface area contributed by atoms with Gasteiger partial charge in [-0.1, -0.05) is 18.2 Å². The summed E-state index contributed by atoms with van der Waals surface area (Å²) >= 11 is 0. The number of hydrogen-bond acceptors (Lipinski definition) is 3. The minimum Gasteiger partial charge on any atom is -0.478 e. The van der Waals surface area contributed by atoms with Crippen LogP contribution in [0.5, 0.6) is 0 Å². The van der Waals surface area contributed by atoms with Crippen molar-refractivity contribution in [2.45, 2.75) is 19.8 Å². The number of benzene rings is 1. The molecular weight excluding hydrogens is 232 g/mol. The number of carboxylic acids is 1. The minimum absolute atomic E-state index is 0.273. The second kappa shape index (κ2) is 6.59. The van der Waals surface area contributed by atoms with E-state index >= 15 is 0 Å². The maximum atomic E-state index is 11.1. The molecule has 0 bridgehead atoms. The predicted molar refractivity (Wildman–Crippen MR) is 68.2 cm³/mol. The highest BCUT2D eigenvalue weighted by atomic mass is 16.5. The summed E-state index contributed by atoms with van der Waals surface area (Å²) in [5.74, 6) is -1.26. The Morgan fingerprint density at radius 3 is 2.72 bits per heavy atom. The van der Waals surface area contributed by atoms with Crippen molar-refractivity contribution in [3.8, 4) is 0 Å². The normalized spacial score (nSPS) is 10.6. The van der Waals surface area contributed by atoms with Crippen LogP contribution in [0.15, 0.2) is 24.3 Å². The third-order valence-electron chi connectivity index (χ3n) is 2.63. The number of rotatable bonds is 5. The molecule has 0 heterocycles. The van der Waals surface area contributed by atoms with Gasteiger partial charge in [-0.3, -0.25) is 4.79 Å². The lowest BCUT2D eigenvalue weighted by Crippen LogP contribution is -2.03. The zero-order valence-electron chi connectivity index (χ0n) is 10.5. The van der Waals surface area contributed by atoms with Crippen LogP contribution in [0.1, 0.15) is 23.1 Å². The molecular formula is C14H16O4. The van der Waals surface area contributed by atoms with Crippen LogP contribution in [0.2, 0.25) is 0 Å². The van der Waals surface area contributed by atoms with Gasteiger partial charge in [-0.05, 0) is 36.1 Å². The van der Waals surface area contributed by atoms with E-state index in [1.54, 1.807) is 6.08 Å². The summed E-state index contributed by atoms with van der Waals surface area (Å²) in [5.41, 5.74) is 2.77. The van der Waals surface area contributed by atoms with Crippen molar-refractivity contribution >= 4 is 18.0 Å². The van der Waals surface area contributed by atoms with Crippen LogP contribution >= 0.6 is 0 Å². The second-order valence-corrected chi connectivity index (χ2v) is 3.90. The SMILES string of the molecule is COC(=O)CCc1cccc(C)c1/C=C/C(=O)O. The lowest BCUT2D eigenvalue weighted by Gasteiger charge is -2.08. The summed E-state index contributed by atoms with van der Waals surface area (Å²) in [5, 5.41) is 8.65. The summed E-state index contributed by atoms with van der Waals surface area (Å²) in [6, 6.07) is 5.68. The van der Waals surface area contributed by atoms with Crippen LogP contribution in [0.4, 0.5) is 0 Å². The van der Waals surface area contributed by atoms with Gasteiger partial charge < -0.3 is 9.84 Å². The molecule has 0 amide bonds. The monoisotopic (exact) mass is 248 g/mol. The third kappa shape index (κ3) is 4.05. The van der Waals surface area contributed by atoms with Gasteiger partial charge in [0.25, 0.3) is 0 Å². The molecule has 0 saturated carbocycles. The number of aryl methyl sites for hydroxylation is 2. The number of carbonyl (C=O) groups is 2. The summed E-state index contributed by atoms with van der Waals surface area (Å²) < 4.78 is 4.59. The molecule has 18 heavy (non-hydrogen) atoms. The van der Waals surface area contributed by atoms with Gasteiger partial charge in [0.15, 0.2) is 0 Å². The van der Waals surface area contributed by atoms with Crippen molar-refractivity contribution in [1.29, 1.82) is 0 Å². The van der Waals surface area contributed by atoms with Gasteiger partial charge in [0.2, 0.25) is 0 Å². The topological polar surface area (TPSA) is 63.6 Å². The Kier molecular flexibility index (Phi) is 5.11. The molecule has 1 N–H and O–H groups in total. The molecule has 0 radical (unpaired) electrons. The minimum atomic E-state index is -0.989. The van der Waals surface area contributed by atoms with Crippen molar-refractivity contribution in [3.63, 3.8) is 0 Å². The maximum Gasteiger partial charge on any atom is 0.328 e. The molecule has 96 valence electrons. The second-order valence-electron chi connectivity index (χ2n) is 3.90. The van der Waals surface area contributed by atoms with E-state index < -0.39 is 5.97 Å². The van der Waals surface area contributed by atoms with Gasteiger partial charge in [0, 0.05) is 12.5 Å². The van der Waals surface area contributed by atoms with Gasteiger partial charge in [0.05, 0.1) is 7.11 Å². The van der Waals surface area contributed by atoms with Gasteiger partial charge in [0.1, 0.15) is 0 Å². The fourth-order valence-corrected chi connectivity index (χ4v) is 1.69. The highest BCUT2D eigenvalue weighted by Crippen LogP contribution is 2.18. The molecule has 0 spiro atoms. The molecule has 0 fully saturated rings. The Hall–Kier alpha value is -2.10. The molecule has 0 aliphatic heterocycles. The van der Waals surface area contributed by atoms with Crippen molar-refractivity contribution < 1.29 is 19.4 Å². The Morgan fingerprint density at radius 1 is 1.39 bits per heavy atom. The van der Waals surface area contributed by atoms with Crippen molar-refractivity contribution in [1.82, 2.24) is 0 Å². The Balaban J connectivity index is 2.93. The van der Waals surface area contributed by atoms with E-state index in [0.717, 1.165) is 22.8 Å². The molecule has 0 unspecified atom stereocenters. The van der Waals surface area contributed by atoms with Crippen LogP contribution in [-0.4, -0.2) is 24.2 Å². The van der Waals surface area contributed by atoms with Gasteiger partial charge in [-0.15, -0.1) is 0 Å². The van der Waals surface area contributed by atoms with Gasteiger partial charge in [-0.2, -0.15) is 0 Å². The first kappa shape index (κ1) is 14.0. The molecule has 4 heteroatoms. The van der Waals surface area contributed by atoms with E-state index in [0.29, 0.717) is 6.42 Å². The first-order valence-electron chi connectivity index (χ1n) is 5.61. The molecule has 1 aromatic carbocycles. The Bertz CT molecular complexity index is 475. The van der Waals surface area contributed by atoms with Crippen LogP contribution in [0, 0.1) is 6.92 Å². The quantitative estimate of drug-likeness (QED) is 0.641. The zero-order chi connectivity index (χ0) is 13.5. The van der Waals surface area contributed by atoms with E-state index in [2.05, 4.69) is 4.74 Å². The number of ether oxygens (including phenoxy) is 1. The lowest BCUT2D eigenvalue weighted by atomic mass is 9.98. The number of carboxylic acid groups (broad SMARTS) is 1. The fraction of sp³-hybridized carbons (Fsp3) is 0.286. The average Bonchev–Trinajstić information content (AvgIpc) is 2.34. The number of hydrogen-bond donors (Lipinski definition) is 1. The van der Waals surface area contributed by atoms with Crippen LogP contribution in [0.25, 0.3) is 6.08 Å². The lowest BCUT2D eigenvalue weighted by molar-refractivity contribution is -0.140. The van der Waals surface area contributed by atoms with E-state index in [1.165, 1.54) is 7.11 Å². The average molecular weight is 248 g/mol. The van der Waals surface area contributed by atoms with Crippen molar-refractivity contribution in [2.75, 3.05) is 7.11 Å². The Labute approximate surface area is 106 Å². The molecule has 0 aromatic heterocycles. The molecule has 0 aliphatic rings. The molecule has 4 nitrogen and oxygen atoms in total. The number of aliphatic carboxylic acids is 1. The van der Waals surface area contributed by atoms with Crippen LogP contribution in [-0.2, 0) is 20.7 Å². The number of carbonyl (C=O) groups excluding carboxylic acids is 1. The fourth-order valence-electron chi connectivity index (χ4n) is 1.69. The van der Waals surface area contributed by atoms with E-state index in [1.807, 2.05) is 25.1 Å². The molecule has 0 saturated heterocycles. The van der Waals surface area contributed by atoms with Gasteiger partial charge in [-0.25, -0.2) is 4.79 Å². The molecule has 1 rings (SSSR count). The first-order chi connectivity index (χ1) is 8.54. The first-order valence-corrected chi connectivity index (χ1v) is 5.61. The van der Waals surface area contributed by atoms with Gasteiger partial charge >= 0.3 is 11.9 Å². The number of esters is 1. The summed E-state index contributed by atoms with van der Waals surface area (Å²) in [6.07, 6.45) is 3.48. The van der Waals surface area contributed by atoms with Crippen molar-refractivity contribution in [2.24, 2.45) is 0 Å².